The van der Waals surface area contributed by atoms with Gasteiger partial charge in [0.1, 0.15) is 11.9 Å². The Hall–Kier alpha value is -1.32. The van der Waals surface area contributed by atoms with Gasteiger partial charge in [-0.2, -0.15) is 0 Å². The van der Waals surface area contributed by atoms with Gasteiger partial charge in [0.05, 0.1) is 0 Å². The zero-order valence-electron chi connectivity index (χ0n) is 12.5. The van der Waals surface area contributed by atoms with Crippen LogP contribution < -0.4 is 10.1 Å². The topological polar surface area (TPSA) is 21.3 Å². The standard InChI is InChI=1S/C19H20BrNO/c20-19-9-8-16(12-18(19)13-4-2-1-3-5-13)22-17-10-14-6-7-15(11-17)21-14/h1-5,8-9,12,14-15,17,21H,6-7,10-11H2/t14-,15+,17?. The molecule has 1 unspecified atom stereocenters. The van der Waals surface area contributed by atoms with Crippen molar-refractivity contribution in [2.24, 2.45) is 0 Å². The third-order valence-corrected chi connectivity index (χ3v) is 5.45. The Kier molecular flexibility index (Phi) is 3.93. The highest BCUT2D eigenvalue weighted by Crippen LogP contribution is 2.34. The lowest BCUT2D eigenvalue weighted by atomic mass is 10.0. The first-order chi connectivity index (χ1) is 10.8. The molecule has 3 atom stereocenters. The predicted molar refractivity (Wildman–Crippen MR) is 93.2 cm³/mol. The number of halogens is 1. The molecule has 2 aliphatic heterocycles. The third kappa shape index (κ3) is 2.92. The largest absolute Gasteiger partial charge is 0.490 e. The summed E-state index contributed by atoms with van der Waals surface area (Å²) < 4.78 is 7.40. The van der Waals surface area contributed by atoms with Gasteiger partial charge in [0.15, 0.2) is 0 Å². The predicted octanol–water partition coefficient (Wildman–Crippen LogP) is 4.78. The molecule has 2 saturated heterocycles. The first-order valence-electron chi connectivity index (χ1n) is 8.05. The van der Waals surface area contributed by atoms with Crippen LogP contribution in [0.5, 0.6) is 5.75 Å². The number of ether oxygens (including phenoxy) is 1. The molecule has 0 amide bonds. The summed E-state index contributed by atoms with van der Waals surface area (Å²) in [7, 11) is 0. The average Bonchev–Trinajstić information content (AvgIpc) is 2.89. The van der Waals surface area contributed by atoms with Crippen molar-refractivity contribution in [3.8, 4) is 16.9 Å². The third-order valence-electron chi connectivity index (χ3n) is 4.76. The summed E-state index contributed by atoms with van der Waals surface area (Å²) in [5.41, 5.74) is 2.40. The van der Waals surface area contributed by atoms with Crippen LogP contribution in [0.1, 0.15) is 25.7 Å². The number of nitrogens with one attached hydrogen (secondary N) is 1. The molecule has 0 saturated carbocycles. The van der Waals surface area contributed by atoms with Gasteiger partial charge in [-0.25, -0.2) is 0 Å². The van der Waals surface area contributed by atoms with Gasteiger partial charge in [-0.3, -0.25) is 0 Å². The number of hydrogen-bond donors (Lipinski definition) is 1. The van der Waals surface area contributed by atoms with Gasteiger partial charge in [-0.15, -0.1) is 0 Å². The maximum atomic E-state index is 6.29. The summed E-state index contributed by atoms with van der Waals surface area (Å²) in [5, 5.41) is 3.66. The van der Waals surface area contributed by atoms with Crippen molar-refractivity contribution in [2.75, 3.05) is 0 Å². The zero-order chi connectivity index (χ0) is 14.9. The molecule has 2 bridgehead atoms. The van der Waals surface area contributed by atoms with Gasteiger partial charge < -0.3 is 10.1 Å². The first kappa shape index (κ1) is 14.3. The van der Waals surface area contributed by atoms with E-state index in [0.717, 1.165) is 23.1 Å². The fourth-order valence-corrected chi connectivity index (χ4v) is 4.19. The molecule has 2 aromatic rings. The second kappa shape index (κ2) is 6.05. The van der Waals surface area contributed by atoms with E-state index in [2.05, 4.69) is 63.7 Å². The van der Waals surface area contributed by atoms with Crippen LogP contribution >= 0.6 is 15.9 Å². The zero-order valence-corrected chi connectivity index (χ0v) is 14.1. The molecule has 0 aliphatic carbocycles. The lowest BCUT2D eigenvalue weighted by Gasteiger charge is -2.29. The number of rotatable bonds is 3. The summed E-state index contributed by atoms with van der Waals surface area (Å²) >= 11 is 3.66. The van der Waals surface area contributed by atoms with Crippen LogP contribution in [0.4, 0.5) is 0 Å². The van der Waals surface area contributed by atoms with Crippen molar-refractivity contribution in [1.29, 1.82) is 0 Å². The molecule has 2 aromatic carbocycles. The summed E-state index contributed by atoms with van der Waals surface area (Å²) in [6, 6.07) is 18.1. The van der Waals surface area contributed by atoms with E-state index in [-0.39, 0.29) is 0 Å². The maximum absolute atomic E-state index is 6.29. The summed E-state index contributed by atoms with van der Waals surface area (Å²) in [6.07, 6.45) is 5.23. The SMILES string of the molecule is Brc1ccc(OC2C[C@H]3CC[C@@H](C2)N3)cc1-c1ccccc1. The molecule has 2 nitrogen and oxygen atoms in total. The van der Waals surface area contributed by atoms with Crippen molar-refractivity contribution >= 4 is 15.9 Å². The van der Waals surface area contributed by atoms with Gasteiger partial charge in [-0.1, -0.05) is 46.3 Å². The summed E-state index contributed by atoms with van der Waals surface area (Å²) in [6.45, 7) is 0. The van der Waals surface area contributed by atoms with E-state index in [4.69, 9.17) is 4.74 Å². The summed E-state index contributed by atoms with van der Waals surface area (Å²) in [4.78, 5) is 0. The highest BCUT2D eigenvalue weighted by Gasteiger charge is 2.34. The highest BCUT2D eigenvalue weighted by molar-refractivity contribution is 9.10. The Morgan fingerprint density at radius 1 is 0.955 bits per heavy atom. The molecule has 2 aliphatic rings. The minimum Gasteiger partial charge on any atom is -0.490 e. The van der Waals surface area contributed by atoms with Crippen LogP contribution in [0.3, 0.4) is 0 Å². The van der Waals surface area contributed by atoms with E-state index in [1.807, 2.05) is 6.07 Å². The van der Waals surface area contributed by atoms with E-state index in [1.54, 1.807) is 0 Å². The molecule has 0 spiro atoms. The smallest absolute Gasteiger partial charge is 0.120 e. The number of fused-ring (bicyclic) bond motifs is 2. The van der Waals surface area contributed by atoms with Crippen LogP contribution in [0, 0.1) is 0 Å². The number of piperidine rings is 1. The second-order valence-electron chi connectivity index (χ2n) is 6.36. The quantitative estimate of drug-likeness (QED) is 0.853. The van der Waals surface area contributed by atoms with Gasteiger partial charge >= 0.3 is 0 Å². The second-order valence-corrected chi connectivity index (χ2v) is 7.21. The van der Waals surface area contributed by atoms with Crippen molar-refractivity contribution in [2.45, 2.75) is 43.9 Å². The molecule has 2 heterocycles. The maximum Gasteiger partial charge on any atom is 0.120 e. The van der Waals surface area contributed by atoms with Crippen LogP contribution in [0.2, 0.25) is 0 Å². The van der Waals surface area contributed by atoms with Crippen LogP contribution in [0.25, 0.3) is 11.1 Å². The molecule has 3 heteroatoms. The van der Waals surface area contributed by atoms with Crippen LogP contribution in [0.15, 0.2) is 53.0 Å². The van der Waals surface area contributed by atoms with E-state index in [1.165, 1.54) is 24.0 Å². The fraction of sp³-hybridized carbons (Fsp3) is 0.368. The van der Waals surface area contributed by atoms with Gasteiger partial charge in [-0.05, 0) is 55.0 Å². The molecule has 2 fully saturated rings. The van der Waals surface area contributed by atoms with Crippen molar-refractivity contribution in [1.82, 2.24) is 5.32 Å². The van der Waals surface area contributed by atoms with E-state index in [0.29, 0.717) is 18.2 Å². The molecule has 0 aromatic heterocycles. The molecule has 4 rings (SSSR count). The fourth-order valence-electron chi connectivity index (χ4n) is 3.71. The molecular formula is C19H20BrNO. The molecule has 22 heavy (non-hydrogen) atoms. The minimum atomic E-state index is 0.351. The van der Waals surface area contributed by atoms with Gasteiger partial charge in [0, 0.05) is 16.6 Å². The lowest BCUT2D eigenvalue weighted by Crippen LogP contribution is -2.42. The Labute approximate surface area is 140 Å². The Balaban J connectivity index is 1.55. The minimum absolute atomic E-state index is 0.351. The lowest BCUT2D eigenvalue weighted by molar-refractivity contribution is 0.137. The van der Waals surface area contributed by atoms with Crippen molar-refractivity contribution in [3.63, 3.8) is 0 Å². The van der Waals surface area contributed by atoms with E-state index in [9.17, 15) is 0 Å². The molecule has 0 radical (unpaired) electrons. The van der Waals surface area contributed by atoms with Crippen molar-refractivity contribution in [3.05, 3.63) is 53.0 Å². The van der Waals surface area contributed by atoms with E-state index >= 15 is 0 Å². The van der Waals surface area contributed by atoms with Crippen LogP contribution in [-0.4, -0.2) is 18.2 Å². The monoisotopic (exact) mass is 357 g/mol. The van der Waals surface area contributed by atoms with Crippen LogP contribution in [-0.2, 0) is 0 Å². The molecule has 1 N–H and O–H groups in total. The van der Waals surface area contributed by atoms with Gasteiger partial charge in [0.25, 0.3) is 0 Å². The average molecular weight is 358 g/mol. The van der Waals surface area contributed by atoms with Crippen molar-refractivity contribution < 1.29 is 4.74 Å². The van der Waals surface area contributed by atoms with E-state index < -0.39 is 0 Å². The van der Waals surface area contributed by atoms with Gasteiger partial charge in [0.2, 0.25) is 0 Å². The highest BCUT2D eigenvalue weighted by atomic mass is 79.9. The Bertz CT molecular complexity index is 646. The Morgan fingerprint density at radius 3 is 2.41 bits per heavy atom. The number of benzene rings is 2. The summed E-state index contributed by atoms with van der Waals surface area (Å²) in [5.74, 6) is 0.980. The number of hydrogen-bond acceptors (Lipinski definition) is 2. The first-order valence-corrected chi connectivity index (χ1v) is 8.85. The normalized spacial score (nSPS) is 26.9. The molecular weight excluding hydrogens is 338 g/mol. The molecule has 114 valence electrons. The Morgan fingerprint density at radius 2 is 1.68 bits per heavy atom.